The Morgan fingerprint density at radius 1 is 1.10 bits per heavy atom. The number of methoxy groups -OCH3 is 1. The summed E-state index contributed by atoms with van der Waals surface area (Å²) in [5.74, 6) is 3.06. The van der Waals surface area contributed by atoms with Crippen LogP contribution >= 0.6 is 24.0 Å². The monoisotopic (exact) mass is 546 g/mol. The number of amides is 1. The molecule has 3 N–H and O–H groups in total. The number of nitrogens with one attached hydrogen (secondary N) is 3. The van der Waals surface area contributed by atoms with Crippen LogP contribution in [-0.2, 0) is 11.2 Å². The number of guanidine groups is 1. The van der Waals surface area contributed by atoms with Crippen LogP contribution in [0.5, 0.6) is 11.5 Å². The Morgan fingerprint density at radius 2 is 1.81 bits per heavy atom. The second-order valence-corrected chi connectivity index (χ2v) is 7.65. The summed E-state index contributed by atoms with van der Waals surface area (Å²) in [4.78, 5) is 16.2. The van der Waals surface area contributed by atoms with Crippen molar-refractivity contribution >= 4 is 35.8 Å². The molecular weight excluding hydrogens is 507 g/mol. The van der Waals surface area contributed by atoms with Crippen molar-refractivity contribution in [2.45, 2.75) is 51.9 Å². The predicted octanol–water partition coefficient (Wildman–Crippen LogP) is 3.51. The van der Waals surface area contributed by atoms with Crippen molar-refractivity contribution in [2.75, 3.05) is 40.4 Å². The molecule has 0 saturated heterocycles. The van der Waals surface area contributed by atoms with Gasteiger partial charge in [0.1, 0.15) is 0 Å². The topological polar surface area (TPSA) is 84.0 Å². The van der Waals surface area contributed by atoms with Gasteiger partial charge in [0.15, 0.2) is 17.5 Å². The number of hydrogen-bond acceptors (Lipinski definition) is 4. The lowest BCUT2D eigenvalue weighted by atomic mass is 10.0. The van der Waals surface area contributed by atoms with E-state index in [0.29, 0.717) is 32.0 Å². The molecular formula is C23H39IN4O3. The summed E-state index contributed by atoms with van der Waals surface area (Å²) in [6.45, 7) is 4.66. The minimum Gasteiger partial charge on any atom is -0.493 e. The molecule has 1 aliphatic rings. The van der Waals surface area contributed by atoms with E-state index in [-0.39, 0.29) is 29.9 Å². The maximum Gasteiger partial charge on any atom is 0.220 e. The molecule has 0 aromatic heterocycles. The van der Waals surface area contributed by atoms with Crippen LogP contribution < -0.4 is 25.4 Å². The first-order valence-corrected chi connectivity index (χ1v) is 11.2. The fraction of sp³-hybridized carbons (Fsp3) is 0.652. The SMILES string of the molecule is CCOc1cc(CCCNC(=NC)NCCNC(=O)CC2CCCC2)ccc1OC.I. The van der Waals surface area contributed by atoms with Gasteiger partial charge in [0.25, 0.3) is 0 Å². The number of ether oxygens (including phenoxy) is 2. The smallest absolute Gasteiger partial charge is 0.220 e. The largest absolute Gasteiger partial charge is 0.493 e. The van der Waals surface area contributed by atoms with Gasteiger partial charge in [-0.05, 0) is 56.2 Å². The van der Waals surface area contributed by atoms with Gasteiger partial charge in [-0.2, -0.15) is 0 Å². The Labute approximate surface area is 204 Å². The van der Waals surface area contributed by atoms with Gasteiger partial charge in [0.05, 0.1) is 13.7 Å². The van der Waals surface area contributed by atoms with Crippen LogP contribution in [-0.4, -0.2) is 52.3 Å². The molecule has 31 heavy (non-hydrogen) atoms. The van der Waals surface area contributed by atoms with E-state index in [4.69, 9.17) is 9.47 Å². The number of benzene rings is 1. The highest BCUT2D eigenvalue weighted by Gasteiger charge is 2.17. The predicted molar refractivity (Wildman–Crippen MR) is 137 cm³/mol. The first-order valence-electron chi connectivity index (χ1n) is 11.2. The molecule has 8 heteroatoms. The highest BCUT2D eigenvalue weighted by molar-refractivity contribution is 14.0. The molecule has 0 unspecified atom stereocenters. The number of aliphatic imine (C=N–C) groups is 1. The van der Waals surface area contributed by atoms with E-state index >= 15 is 0 Å². The molecule has 0 radical (unpaired) electrons. The lowest BCUT2D eigenvalue weighted by molar-refractivity contribution is -0.121. The number of aryl methyl sites for hydroxylation is 1. The molecule has 1 aliphatic carbocycles. The molecule has 1 fully saturated rings. The third-order valence-electron chi connectivity index (χ3n) is 5.37. The Morgan fingerprint density at radius 3 is 2.48 bits per heavy atom. The van der Waals surface area contributed by atoms with Gasteiger partial charge in [-0.1, -0.05) is 18.9 Å². The lowest BCUT2D eigenvalue weighted by Crippen LogP contribution is -2.42. The fourth-order valence-electron chi connectivity index (χ4n) is 3.80. The molecule has 7 nitrogen and oxygen atoms in total. The highest BCUT2D eigenvalue weighted by Crippen LogP contribution is 2.28. The zero-order valence-corrected chi connectivity index (χ0v) is 21.5. The Kier molecular flexibility index (Phi) is 14.1. The number of carbonyl (C=O) groups excluding carboxylic acids is 1. The molecule has 0 aliphatic heterocycles. The molecule has 1 aromatic carbocycles. The Bertz CT molecular complexity index is 679. The highest BCUT2D eigenvalue weighted by atomic mass is 127. The maximum atomic E-state index is 12.0. The van der Waals surface area contributed by atoms with Crippen molar-refractivity contribution in [3.63, 3.8) is 0 Å². The number of halogens is 1. The second kappa shape index (κ2) is 16.0. The van der Waals surface area contributed by atoms with Crippen molar-refractivity contribution in [2.24, 2.45) is 10.9 Å². The molecule has 1 saturated carbocycles. The maximum absolute atomic E-state index is 12.0. The van der Waals surface area contributed by atoms with Crippen molar-refractivity contribution in [3.05, 3.63) is 23.8 Å². The number of rotatable bonds is 12. The number of carbonyl (C=O) groups is 1. The first kappa shape index (κ1) is 27.3. The van der Waals surface area contributed by atoms with Gasteiger partial charge >= 0.3 is 0 Å². The summed E-state index contributed by atoms with van der Waals surface area (Å²) in [7, 11) is 3.41. The average molecular weight is 546 g/mol. The van der Waals surface area contributed by atoms with E-state index in [0.717, 1.165) is 36.8 Å². The third kappa shape index (κ3) is 10.4. The van der Waals surface area contributed by atoms with E-state index < -0.39 is 0 Å². The van der Waals surface area contributed by atoms with Gasteiger partial charge in [0.2, 0.25) is 5.91 Å². The van der Waals surface area contributed by atoms with Crippen LogP contribution in [0.15, 0.2) is 23.2 Å². The molecule has 1 amide bonds. The van der Waals surface area contributed by atoms with E-state index in [1.807, 2.05) is 19.1 Å². The molecule has 0 atom stereocenters. The van der Waals surface area contributed by atoms with Crippen molar-refractivity contribution < 1.29 is 14.3 Å². The molecule has 0 spiro atoms. The Balaban J connectivity index is 0.00000480. The quantitative estimate of drug-likeness (QED) is 0.162. The summed E-state index contributed by atoms with van der Waals surface area (Å²) in [6, 6.07) is 6.07. The van der Waals surface area contributed by atoms with E-state index in [2.05, 4.69) is 27.0 Å². The van der Waals surface area contributed by atoms with Gasteiger partial charge < -0.3 is 25.4 Å². The molecule has 0 bridgehead atoms. The minimum absolute atomic E-state index is 0. The summed E-state index contributed by atoms with van der Waals surface area (Å²) >= 11 is 0. The van der Waals surface area contributed by atoms with Gasteiger partial charge in [-0.25, -0.2) is 0 Å². The summed E-state index contributed by atoms with van der Waals surface area (Å²) in [5.41, 5.74) is 1.22. The molecule has 2 rings (SSSR count). The lowest BCUT2D eigenvalue weighted by Gasteiger charge is -2.14. The first-order chi connectivity index (χ1) is 14.7. The van der Waals surface area contributed by atoms with Crippen molar-refractivity contribution in [3.8, 4) is 11.5 Å². The normalized spacial score (nSPS) is 14.0. The molecule has 1 aromatic rings. The fourth-order valence-corrected chi connectivity index (χ4v) is 3.80. The van der Waals surface area contributed by atoms with Gasteiger partial charge in [-0.3, -0.25) is 9.79 Å². The number of hydrogen-bond donors (Lipinski definition) is 3. The summed E-state index contributed by atoms with van der Waals surface area (Å²) in [5, 5.41) is 9.56. The Hall–Kier alpha value is -1.71. The minimum atomic E-state index is 0. The summed E-state index contributed by atoms with van der Waals surface area (Å²) < 4.78 is 11.0. The van der Waals surface area contributed by atoms with Gasteiger partial charge in [-0.15, -0.1) is 24.0 Å². The zero-order chi connectivity index (χ0) is 21.6. The van der Waals surface area contributed by atoms with Crippen molar-refractivity contribution in [1.29, 1.82) is 0 Å². The van der Waals surface area contributed by atoms with E-state index in [1.54, 1.807) is 14.2 Å². The van der Waals surface area contributed by atoms with Crippen LogP contribution in [0, 0.1) is 5.92 Å². The number of nitrogens with zero attached hydrogens (tertiary/aromatic N) is 1. The third-order valence-corrected chi connectivity index (χ3v) is 5.37. The van der Waals surface area contributed by atoms with Crippen LogP contribution in [0.2, 0.25) is 0 Å². The second-order valence-electron chi connectivity index (χ2n) is 7.65. The zero-order valence-electron chi connectivity index (χ0n) is 19.2. The summed E-state index contributed by atoms with van der Waals surface area (Å²) in [6.07, 6.45) is 7.52. The molecule has 176 valence electrons. The van der Waals surface area contributed by atoms with Crippen LogP contribution in [0.1, 0.15) is 51.0 Å². The van der Waals surface area contributed by atoms with E-state index in [9.17, 15) is 4.79 Å². The standard InChI is InChI=1S/C23H38N4O3.HI/c1-4-30-21-16-19(11-12-20(21)29-3)10-7-13-26-23(24-2)27-15-14-25-22(28)17-18-8-5-6-9-18;/h11-12,16,18H,4-10,13-15,17H2,1-3H3,(H,25,28)(H2,24,26,27);1H. The van der Waals surface area contributed by atoms with Crippen LogP contribution in [0.4, 0.5) is 0 Å². The van der Waals surface area contributed by atoms with E-state index in [1.165, 1.54) is 31.2 Å². The average Bonchev–Trinajstić information content (AvgIpc) is 3.26. The molecule has 0 heterocycles. The van der Waals surface area contributed by atoms with Gasteiger partial charge in [0, 0.05) is 33.1 Å². The van der Waals surface area contributed by atoms with Crippen molar-refractivity contribution in [1.82, 2.24) is 16.0 Å². The van der Waals surface area contributed by atoms with Crippen LogP contribution in [0.25, 0.3) is 0 Å². The van der Waals surface area contributed by atoms with Crippen LogP contribution in [0.3, 0.4) is 0 Å².